The lowest BCUT2D eigenvalue weighted by Crippen LogP contribution is -2.43. The van der Waals surface area contributed by atoms with E-state index in [2.05, 4.69) is 0 Å². The Labute approximate surface area is 84.7 Å². The van der Waals surface area contributed by atoms with Crippen molar-refractivity contribution in [2.75, 3.05) is 6.54 Å². The molecule has 80 valence electrons. The van der Waals surface area contributed by atoms with Gasteiger partial charge >= 0.3 is 5.97 Å². The molecule has 0 aromatic carbocycles. The lowest BCUT2D eigenvalue weighted by Gasteiger charge is -2.43. The Hall–Kier alpha value is -0.570. The number of hydrogen-bond donors (Lipinski definition) is 2. The summed E-state index contributed by atoms with van der Waals surface area (Å²) in [6.07, 6.45) is 7.35. The Morgan fingerprint density at radius 3 is 2.36 bits per heavy atom. The lowest BCUT2D eigenvalue weighted by atomic mass is 9.62. The van der Waals surface area contributed by atoms with E-state index in [1.807, 2.05) is 0 Å². The van der Waals surface area contributed by atoms with E-state index in [0.717, 1.165) is 12.8 Å². The third-order valence-corrected chi connectivity index (χ3v) is 4.42. The van der Waals surface area contributed by atoms with E-state index >= 15 is 0 Å². The molecular weight excluding hydrogens is 178 g/mol. The number of carbonyl (C=O) groups is 1. The number of nitrogens with two attached hydrogens (primary N) is 1. The molecule has 0 aromatic heterocycles. The summed E-state index contributed by atoms with van der Waals surface area (Å²) in [5.74, 6) is -0.677. The first-order valence-corrected chi connectivity index (χ1v) is 5.56. The van der Waals surface area contributed by atoms with Crippen molar-refractivity contribution in [3.05, 3.63) is 0 Å². The fourth-order valence-corrected chi connectivity index (χ4v) is 3.34. The fraction of sp³-hybridized carbons (Fsp3) is 0.909. The number of carboxylic acid groups (broad SMARTS) is 1. The second-order valence-electron chi connectivity index (χ2n) is 5.04. The van der Waals surface area contributed by atoms with Gasteiger partial charge in [-0.3, -0.25) is 4.79 Å². The van der Waals surface area contributed by atoms with Crippen molar-refractivity contribution in [2.24, 2.45) is 16.6 Å². The van der Waals surface area contributed by atoms with Crippen LogP contribution < -0.4 is 5.73 Å². The molecule has 0 amide bonds. The van der Waals surface area contributed by atoms with Gasteiger partial charge in [0, 0.05) is 0 Å². The molecule has 3 nitrogen and oxygen atoms in total. The average molecular weight is 197 g/mol. The van der Waals surface area contributed by atoms with Crippen molar-refractivity contribution in [1.82, 2.24) is 0 Å². The van der Waals surface area contributed by atoms with E-state index in [-0.39, 0.29) is 11.8 Å². The predicted octanol–water partition coefficient (Wildman–Crippen LogP) is 1.76. The molecule has 0 radical (unpaired) electrons. The maximum Gasteiger partial charge on any atom is 0.303 e. The van der Waals surface area contributed by atoms with Gasteiger partial charge in [0.05, 0.1) is 6.42 Å². The van der Waals surface area contributed by atoms with Crippen LogP contribution >= 0.6 is 0 Å². The van der Waals surface area contributed by atoms with Crippen LogP contribution in [-0.4, -0.2) is 17.6 Å². The van der Waals surface area contributed by atoms with Crippen LogP contribution in [0.1, 0.15) is 44.9 Å². The predicted molar refractivity (Wildman–Crippen MR) is 53.9 cm³/mol. The summed E-state index contributed by atoms with van der Waals surface area (Å²) < 4.78 is 0. The molecule has 0 aliphatic heterocycles. The first-order valence-electron chi connectivity index (χ1n) is 5.56. The largest absolute Gasteiger partial charge is 0.481 e. The van der Waals surface area contributed by atoms with E-state index in [9.17, 15) is 4.79 Å². The molecule has 2 fully saturated rings. The molecule has 3 N–H and O–H groups in total. The van der Waals surface area contributed by atoms with Crippen molar-refractivity contribution in [2.45, 2.75) is 44.9 Å². The highest BCUT2D eigenvalue weighted by Gasteiger charge is 2.59. The molecule has 1 spiro atoms. The molecule has 1 atom stereocenters. The maximum absolute atomic E-state index is 10.9. The molecule has 2 aliphatic rings. The molecule has 1 unspecified atom stereocenters. The molecule has 2 aliphatic carbocycles. The van der Waals surface area contributed by atoms with E-state index < -0.39 is 5.97 Å². The summed E-state index contributed by atoms with van der Waals surface area (Å²) in [6, 6.07) is 0. The zero-order chi connectivity index (χ0) is 10.2. The molecule has 0 heterocycles. The van der Waals surface area contributed by atoms with Gasteiger partial charge in [-0.15, -0.1) is 0 Å². The summed E-state index contributed by atoms with van der Waals surface area (Å²) in [7, 11) is 0. The highest BCUT2D eigenvalue weighted by atomic mass is 16.4. The molecule has 0 aromatic rings. The van der Waals surface area contributed by atoms with Gasteiger partial charge in [0.25, 0.3) is 0 Å². The van der Waals surface area contributed by atoms with Gasteiger partial charge in [-0.2, -0.15) is 0 Å². The van der Waals surface area contributed by atoms with Crippen LogP contribution in [0.4, 0.5) is 0 Å². The van der Waals surface area contributed by atoms with Crippen LogP contribution in [0.15, 0.2) is 0 Å². The Bertz CT molecular complexity index is 248. The standard InChI is InChI=1S/C11H19NO2/c12-8-11(7-9(13)14)4-2-1-3-10(11)5-6-10/h1-8,12H2,(H,13,14). The van der Waals surface area contributed by atoms with E-state index in [1.54, 1.807) is 0 Å². The molecule has 2 saturated carbocycles. The minimum Gasteiger partial charge on any atom is -0.481 e. The van der Waals surface area contributed by atoms with Crippen molar-refractivity contribution < 1.29 is 9.90 Å². The SMILES string of the molecule is NCC1(CC(=O)O)CCCCC12CC2. The summed E-state index contributed by atoms with van der Waals surface area (Å²) in [5, 5.41) is 8.97. The molecule has 0 bridgehead atoms. The summed E-state index contributed by atoms with van der Waals surface area (Å²) in [6.45, 7) is 0.555. The summed E-state index contributed by atoms with van der Waals surface area (Å²) in [4.78, 5) is 10.9. The zero-order valence-electron chi connectivity index (χ0n) is 8.59. The fourth-order valence-electron chi connectivity index (χ4n) is 3.34. The van der Waals surface area contributed by atoms with Crippen LogP contribution in [0, 0.1) is 10.8 Å². The minimum atomic E-state index is -0.677. The zero-order valence-corrected chi connectivity index (χ0v) is 8.59. The van der Waals surface area contributed by atoms with Crippen LogP contribution in [0.25, 0.3) is 0 Å². The van der Waals surface area contributed by atoms with Crippen molar-refractivity contribution in [3.63, 3.8) is 0 Å². The second kappa shape index (κ2) is 3.23. The van der Waals surface area contributed by atoms with Crippen molar-refractivity contribution in [1.29, 1.82) is 0 Å². The maximum atomic E-state index is 10.9. The van der Waals surface area contributed by atoms with Gasteiger partial charge in [0.2, 0.25) is 0 Å². The van der Waals surface area contributed by atoms with Gasteiger partial charge in [-0.1, -0.05) is 12.8 Å². The first kappa shape index (κ1) is 9.97. The lowest BCUT2D eigenvalue weighted by molar-refractivity contribution is -0.142. The Morgan fingerprint density at radius 1 is 1.21 bits per heavy atom. The number of aliphatic carboxylic acids is 1. The quantitative estimate of drug-likeness (QED) is 0.724. The van der Waals surface area contributed by atoms with Crippen molar-refractivity contribution in [3.8, 4) is 0 Å². The Morgan fingerprint density at radius 2 is 1.86 bits per heavy atom. The van der Waals surface area contributed by atoms with E-state index in [0.29, 0.717) is 12.0 Å². The number of hydrogen-bond acceptors (Lipinski definition) is 2. The van der Waals surface area contributed by atoms with Gasteiger partial charge in [-0.05, 0) is 43.1 Å². The summed E-state index contributed by atoms with van der Waals surface area (Å²) >= 11 is 0. The first-order chi connectivity index (χ1) is 6.64. The van der Waals surface area contributed by atoms with Crippen LogP contribution in [0.3, 0.4) is 0 Å². The highest BCUT2D eigenvalue weighted by Crippen LogP contribution is 2.66. The highest BCUT2D eigenvalue weighted by molar-refractivity contribution is 5.68. The third kappa shape index (κ3) is 1.34. The second-order valence-corrected chi connectivity index (χ2v) is 5.04. The van der Waals surface area contributed by atoms with E-state index in [4.69, 9.17) is 10.8 Å². The molecule has 2 rings (SSSR count). The Balaban J connectivity index is 2.19. The van der Waals surface area contributed by atoms with E-state index in [1.165, 1.54) is 25.7 Å². The number of carboxylic acids is 1. The van der Waals surface area contributed by atoms with Crippen LogP contribution in [0.2, 0.25) is 0 Å². The molecule has 3 heteroatoms. The minimum absolute atomic E-state index is 0.0723. The molecule has 14 heavy (non-hydrogen) atoms. The van der Waals surface area contributed by atoms with Crippen LogP contribution in [0.5, 0.6) is 0 Å². The molecular formula is C11H19NO2. The van der Waals surface area contributed by atoms with Gasteiger partial charge in [0.1, 0.15) is 0 Å². The summed E-state index contributed by atoms with van der Waals surface area (Å²) in [5.41, 5.74) is 6.08. The van der Waals surface area contributed by atoms with Gasteiger partial charge in [0.15, 0.2) is 0 Å². The monoisotopic (exact) mass is 197 g/mol. The number of rotatable bonds is 3. The van der Waals surface area contributed by atoms with Gasteiger partial charge < -0.3 is 10.8 Å². The van der Waals surface area contributed by atoms with Crippen molar-refractivity contribution >= 4 is 5.97 Å². The third-order valence-electron chi connectivity index (χ3n) is 4.42. The Kier molecular flexibility index (Phi) is 2.30. The van der Waals surface area contributed by atoms with Gasteiger partial charge in [-0.25, -0.2) is 0 Å². The normalized spacial score (nSPS) is 34.4. The smallest absolute Gasteiger partial charge is 0.303 e. The topological polar surface area (TPSA) is 63.3 Å². The average Bonchev–Trinajstić information content (AvgIpc) is 2.90. The molecule has 0 saturated heterocycles. The van der Waals surface area contributed by atoms with Crippen LogP contribution in [-0.2, 0) is 4.79 Å².